The molecule has 0 spiro atoms. The second kappa shape index (κ2) is 35.2. The van der Waals surface area contributed by atoms with E-state index in [-0.39, 0.29) is 0 Å². The van der Waals surface area contributed by atoms with Crippen molar-refractivity contribution in [2.45, 2.75) is 48.4 Å². The molecule has 0 rings (SSSR count). The van der Waals surface area contributed by atoms with Crippen molar-refractivity contribution in [1.29, 1.82) is 0 Å². The molecule has 34 heavy (non-hydrogen) atoms. The van der Waals surface area contributed by atoms with Gasteiger partial charge >= 0.3 is 93.5 Å². The number of hydrogen-bond acceptors (Lipinski definition) is 12. The fourth-order valence-electron chi connectivity index (χ4n) is 0.762. The molecular formula is C20H24O12Sn2. The van der Waals surface area contributed by atoms with E-state index >= 15 is 0 Å². The number of hydrogen-bond donors (Lipinski definition) is 0. The monoisotopic (exact) mass is 696 g/mol. The summed E-state index contributed by atoms with van der Waals surface area (Å²) >= 11 is 3.37. The van der Waals surface area contributed by atoms with E-state index in [2.05, 4.69) is 13.8 Å². The Bertz CT molecular complexity index is 532. The number of carboxylic acids is 6. The maximum atomic E-state index is 9.41. The summed E-state index contributed by atoms with van der Waals surface area (Å²) in [6.07, 6.45) is 7.90. The molecule has 0 aliphatic rings. The van der Waals surface area contributed by atoms with Crippen LogP contribution in [0.2, 0.25) is 8.87 Å². The van der Waals surface area contributed by atoms with Gasteiger partial charge in [0, 0.05) is 0 Å². The topological polar surface area (TPSA) is 241 Å². The molecule has 0 amide bonds. The fraction of sp³-hybridized carbons (Fsp3) is 0.400. The van der Waals surface area contributed by atoms with Crippen molar-refractivity contribution in [1.82, 2.24) is 0 Å². The second-order valence-electron chi connectivity index (χ2n) is 5.12. The van der Waals surface area contributed by atoms with Gasteiger partial charge in [0.25, 0.3) is 0 Å². The molecule has 0 aliphatic heterocycles. The third-order valence-electron chi connectivity index (χ3n) is 2.13. The molecule has 0 fully saturated rings. The predicted molar refractivity (Wildman–Crippen MR) is 108 cm³/mol. The molecule has 12 nitrogen and oxygen atoms in total. The van der Waals surface area contributed by atoms with Crippen LogP contribution in [0.3, 0.4) is 0 Å². The molecule has 0 N–H and O–H groups in total. The van der Waals surface area contributed by atoms with Gasteiger partial charge in [-0.15, -0.1) is 0 Å². The summed E-state index contributed by atoms with van der Waals surface area (Å²) in [6.45, 7) is 4.45. The zero-order valence-corrected chi connectivity index (χ0v) is 24.3. The van der Waals surface area contributed by atoms with Crippen molar-refractivity contribution in [3.8, 4) is 0 Å². The standard InChI is InChI=1S/3C4H4O4.2C4H9.2Sn/c3*5-3(6)1-2-4(7)8;2*1-3-4-2;;/h3*1-2H,(H,5,6)(H,7,8);2*1,3-4H2,2H3;;/q;;;;;2*+3/p-6/b3*2-1-;;;;. The molecule has 0 bridgehead atoms. The van der Waals surface area contributed by atoms with Gasteiger partial charge in [-0.05, 0) is 36.5 Å². The van der Waals surface area contributed by atoms with Crippen LogP contribution < -0.4 is 30.6 Å². The first-order valence-electron chi connectivity index (χ1n) is 9.30. The van der Waals surface area contributed by atoms with E-state index in [1.165, 1.54) is 34.6 Å². The van der Waals surface area contributed by atoms with Crippen LogP contribution in [0, 0.1) is 0 Å². The fourth-order valence-corrected chi connectivity index (χ4v) is 2.78. The molecule has 14 heteroatoms. The summed E-state index contributed by atoms with van der Waals surface area (Å²) in [7, 11) is 0. The van der Waals surface area contributed by atoms with Crippen LogP contribution in [0.1, 0.15) is 39.5 Å². The minimum absolute atomic E-state index is 0.384. The molecule has 0 atom stereocenters. The van der Waals surface area contributed by atoms with Crippen molar-refractivity contribution in [2.75, 3.05) is 0 Å². The van der Waals surface area contributed by atoms with Crippen LogP contribution in [-0.4, -0.2) is 80.9 Å². The van der Waals surface area contributed by atoms with E-state index in [4.69, 9.17) is 0 Å². The van der Waals surface area contributed by atoms with Gasteiger partial charge in [-0.3, -0.25) is 0 Å². The Labute approximate surface area is 224 Å². The van der Waals surface area contributed by atoms with Crippen LogP contribution in [0.25, 0.3) is 0 Å². The third kappa shape index (κ3) is 87.8. The van der Waals surface area contributed by atoms with E-state index < -0.39 is 35.8 Å². The van der Waals surface area contributed by atoms with E-state index in [1.807, 2.05) is 0 Å². The van der Waals surface area contributed by atoms with Gasteiger partial charge in [-0.1, -0.05) is 0 Å². The molecule has 0 saturated carbocycles. The zero-order valence-electron chi connectivity index (χ0n) is 18.6. The van der Waals surface area contributed by atoms with Crippen molar-refractivity contribution < 1.29 is 59.4 Å². The maximum absolute atomic E-state index is 9.41. The van der Waals surface area contributed by atoms with Crippen molar-refractivity contribution in [2.24, 2.45) is 0 Å². The largest absolute Gasteiger partial charge is 0.545 e. The average molecular weight is 694 g/mol. The van der Waals surface area contributed by atoms with Gasteiger partial charge < -0.3 is 59.4 Å². The Hall–Kier alpha value is -2.36. The van der Waals surface area contributed by atoms with Crippen molar-refractivity contribution >= 4 is 80.9 Å². The molecule has 0 aromatic carbocycles. The summed E-state index contributed by atoms with van der Waals surface area (Å²) in [5.74, 6) is -9.28. The second-order valence-corrected chi connectivity index (χ2v) is 7.98. The number of unbranched alkanes of at least 4 members (excludes halogenated alkanes) is 2. The van der Waals surface area contributed by atoms with Crippen molar-refractivity contribution in [3.63, 3.8) is 0 Å². The molecule has 0 radical (unpaired) electrons. The van der Waals surface area contributed by atoms with E-state index in [0.717, 1.165) is 0 Å². The molecule has 0 saturated heterocycles. The van der Waals surface area contributed by atoms with Crippen LogP contribution in [0.15, 0.2) is 36.5 Å². The third-order valence-corrected chi connectivity index (χ3v) is 4.15. The Kier molecular flexibility index (Phi) is 43.4. The van der Waals surface area contributed by atoms with Crippen LogP contribution in [0.5, 0.6) is 0 Å². The minimum Gasteiger partial charge on any atom is -0.545 e. The molecule has 0 aromatic heterocycles. The first-order valence-corrected chi connectivity index (χ1v) is 13.3. The SMILES string of the molecule is CCC[CH2][Sn+3].CCC[CH2][Sn+3].O=C([O-])/C=C\C(=O)[O-].O=C([O-])/C=C\C(=O)[O-].O=C([O-])/C=C\C(=O)[O-]. The molecule has 0 unspecified atom stereocenters. The molecule has 0 aromatic rings. The van der Waals surface area contributed by atoms with Crippen molar-refractivity contribution in [3.05, 3.63) is 36.5 Å². The number of rotatable bonds is 10. The molecule has 0 heterocycles. The first kappa shape index (κ1) is 41.9. The van der Waals surface area contributed by atoms with E-state index in [9.17, 15) is 59.4 Å². The van der Waals surface area contributed by atoms with Gasteiger partial charge in [0.15, 0.2) is 0 Å². The van der Waals surface area contributed by atoms with Gasteiger partial charge in [0.2, 0.25) is 0 Å². The Morgan fingerprint density at radius 3 is 0.647 bits per heavy atom. The predicted octanol–water partition coefficient (Wildman–Crippen LogP) is -6.13. The van der Waals surface area contributed by atoms with E-state index in [0.29, 0.717) is 36.5 Å². The summed E-state index contributed by atoms with van der Waals surface area (Å²) < 4.78 is 2.87. The Morgan fingerprint density at radius 2 is 0.618 bits per heavy atom. The Balaban J connectivity index is -0.000000105. The normalized spacial score (nSPS) is 9.24. The summed E-state index contributed by atoms with van der Waals surface area (Å²) in [4.78, 5) is 56.5. The first-order chi connectivity index (χ1) is 15.7. The molecular weight excluding hydrogens is 670 g/mol. The van der Waals surface area contributed by atoms with Gasteiger partial charge in [0.05, 0.1) is 35.8 Å². The number of carboxylic acid groups (broad SMARTS) is 6. The van der Waals surface area contributed by atoms with Gasteiger partial charge in [-0.2, -0.15) is 0 Å². The summed E-state index contributed by atoms with van der Waals surface area (Å²) in [5.41, 5.74) is 0. The minimum atomic E-state index is -1.55. The van der Waals surface area contributed by atoms with Crippen LogP contribution in [-0.2, 0) is 28.8 Å². The number of carbonyl (C=O) groups excluding carboxylic acids is 6. The number of carbonyl (C=O) groups is 6. The zero-order chi connectivity index (χ0) is 27.9. The number of aliphatic carboxylic acids is 6. The van der Waals surface area contributed by atoms with Crippen LogP contribution >= 0.6 is 0 Å². The average Bonchev–Trinajstić information content (AvgIpc) is 2.72. The van der Waals surface area contributed by atoms with Gasteiger partial charge in [-0.25, -0.2) is 0 Å². The smallest absolute Gasteiger partial charge is 0.0643 e. The van der Waals surface area contributed by atoms with E-state index in [1.54, 1.807) is 45.0 Å². The quantitative estimate of drug-likeness (QED) is 0.153. The van der Waals surface area contributed by atoms with Gasteiger partial charge in [0.1, 0.15) is 0 Å². The Morgan fingerprint density at radius 1 is 0.471 bits per heavy atom. The molecule has 0 aliphatic carbocycles. The van der Waals surface area contributed by atoms with Crippen LogP contribution in [0.4, 0.5) is 0 Å². The summed E-state index contributed by atoms with van der Waals surface area (Å²) in [6, 6.07) is 0. The summed E-state index contributed by atoms with van der Waals surface area (Å²) in [5, 5.41) is 56.5. The molecule has 184 valence electrons. The maximum Gasteiger partial charge on any atom is 0.0643 e.